The Morgan fingerprint density at radius 2 is 2.05 bits per heavy atom. The monoisotopic (exact) mass is 275 g/mol. The van der Waals surface area contributed by atoms with Crippen LogP contribution in [-0.2, 0) is 0 Å². The fraction of sp³-hybridized carbons (Fsp3) is 0.625. The number of fused-ring (bicyclic) bond motifs is 2. The molecule has 0 aliphatic carbocycles. The molecule has 2 aliphatic heterocycles. The van der Waals surface area contributed by atoms with Gasteiger partial charge in [-0.05, 0) is 44.9 Å². The second-order valence-corrected chi connectivity index (χ2v) is 6.30. The Morgan fingerprint density at radius 1 is 1.35 bits per heavy atom. The van der Waals surface area contributed by atoms with Crippen LogP contribution < -0.4 is 15.8 Å². The van der Waals surface area contributed by atoms with Gasteiger partial charge in [0.1, 0.15) is 5.75 Å². The molecule has 20 heavy (non-hydrogen) atoms. The topological polar surface area (TPSA) is 50.5 Å². The largest absolute Gasteiger partial charge is 0.497 e. The van der Waals surface area contributed by atoms with Crippen molar-refractivity contribution in [2.75, 3.05) is 26.0 Å². The maximum Gasteiger partial charge on any atom is 0.120 e. The van der Waals surface area contributed by atoms with Gasteiger partial charge in [0.15, 0.2) is 0 Å². The van der Waals surface area contributed by atoms with Crippen molar-refractivity contribution >= 4 is 5.69 Å². The molecule has 0 saturated carbocycles. The van der Waals surface area contributed by atoms with Crippen LogP contribution in [0.4, 0.5) is 5.69 Å². The molecule has 2 aliphatic rings. The zero-order valence-electron chi connectivity index (χ0n) is 12.4. The molecule has 2 unspecified atom stereocenters. The molecule has 1 aromatic rings. The minimum atomic E-state index is 0.0324. The molecule has 4 nitrogen and oxygen atoms in total. The maximum atomic E-state index is 6.14. The molecule has 0 amide bonds. The molecule has 2 fully saturated rings. The number of ether oxygens (including phenoxy) is 1. The van der Waals surface area contributed by atoms with Crippen LogP contribution in [0.25, 0.3) is 0 Å². The molecular formula is C16H25N3O. The molecule has 2 atom stereocenters. The molecule has 2 bridgehead atoms. The van der Waals surface area contributed by atoms with E-state index in [1.165, 1.54) is 12.8 Å². The highest BCUT2D eigenvalue weighted by molar-refractivity contribution is 5.50. The van der Waals surface area contributed by atoms with Crippen molar-refractivity contribution in [3.05, 3.63) is 24.3 Å². The van der Waals surface area contributed by atoms with E-state index in [0.717, 1.165) is 24.3 Å². The number of hydrogen-bond acceptors (Lipinski definition) is 4. The van der Waals surface area contributed by atoms with Gasteiger partial charge in [0, 0.05) is 30.4 Å². The number of hydrogen-bond donors (Lipinski definition) is 2. The number of nitrogens with one attached hydrogen (secondary N) is 1. The van der Waals surface area contributed by atoms with E-state index in [0.29, 0.717) is 18.6 Å². The molecule has 1 aromatic carbocycles. The summed E-state index contributed by atoms with van der Waals surface area (Å²) in [5.41, 5.74) is 7.28. The molecular weight excluding hydrogens is 250 g/mol. The lowest BCUT2D eigenvalue weighted by Gasteiger charge is -2.45. The van der Waals surface area contributed by atoms with E-state index in [2.05, 4.69) is 29.4 Å². The highest BCUT2D eigenvalue weighted by atomic mass is 16.5. The highest BCUT2D eigenvalue weighted by Gasteiger charge is 2.46. The molecule has 2 heterocycles. The predicted molar refractivity (Wildman–Crippen MR) is 82.2 cm³/mol. The Morgan fingerprint density at radius 3 is 2.65 bits per heavy atom. The van der Waals surface area contributed by atoms with E-state index >= 15 is 0 Å². The third kappa shape index (κ3) is 2.38. The van der Waals surface area contributed by atoms with Crippen LogP contribution in [0.3, 0.4) is 0 Å². The van der Waals surface area contributed by atoms with E-state index in [9.17, 15) is 0 Å². The summed E-state index contributed by atoms with van der Waals surface area (Å²) in [6, 6.07) is 9.50. The quantitative estimate of drug-likeness (QED) is 0.883. The first-order chi connectivity index (χ1) is 9.65. The lowest BCUT2D eigenvalue weighted by Crippen LogP contribution is -2.57. The molecule has 4 heteroatoms. The van der Waals surface area contributed by atoms with Crippen LogP contribution in [0, 0.1) is 0 Å². The van der Waals surface area contributed by atoms with Crippen molar-refractivity contribution in [1.82, 2.24) is 4.90 Å². The third-order valence-corrected chi connectivity index (χ3v) is 5.11. The second-order valence-electron chi connectivity index (χ2n) is 6.30. The van der Waals surface area contributed by atoms with Crippen LogP contribution in [0.5, 0.6) is 5.75 Å². The van der Waals surface area contributed by atoms with Gasteiger partial charge in [-0.15, -0.1) is 0 Å². The Balaban J connectivity index is 1.80. The summed E-state index contributed by atoms with van der Waals surface area (Å²) in [4.78, 5) is 2.54. The molecule has 3 rings (SSSR count). The van der Waals surface area contributed by atoms with Gasteiger partial charge in [0.2, 0.25) is 0 Å². The van der Waals surface area contributed by atoms with E-state index in [1.54, 1.807) is 7.11 Å². The van der Waals surface area contributed by atoms with Gasteiger partial charge in [-0.1, -0.05) is 6.07 Å². The fourth-order valence-electron chi connectivity index (χ4n) is 3.89. The minimum Gasteiger partial charge on any atom is -0.497 e. The standard InChI is InChI=1S/C16H25N3O/c1-19-13-6-7-14(19)10-16(9-13,11-17)18-12-4-3-5-15(8-12)20-2/h3-5,8,13-14,18H,6-7,9-11,17H2,1-2H3. The first-order valence-corrected chi connectivity index (χ1v) is 7.50. The van der Waals surface area contributed by atoms with Crippen molar-refractivity contribution in [2.45, 2.75) is 43.3 Å². The average Bonchev–Trinajstić information content (AvgIpc) is 2.70. The van der Waals surface area contributed by atoms with E-state index in [4.69, 9.17) is 10.5 Å². The summed E-state index contributed by atoms with van der Waals surface area (Å²) in [6.07, 6.45) is 4.88. The van der Waals surface area contributed by atoms with Crippen LogP contribution in [-0.4, -0.2) is 43.2 Å². The number of benzene rings is 1. The zero-order chi connectivity index (χ0) is 14.2. The van der Waals surface area contributed by atoms with Gasteiger partial charge in [-0.25, -0.2) is 0 Å². The first-order valence-electron chi connectivity index (χ1n) is 7.50. The van der Waals surface area contributed by atoms with E-state index < -0.39 is 0 Å². The van der Waals surface area contributed by atoms with Gasteiger partial charge < -0.3 is 20.7 Å². The van der Waals surface area contributed by atoms with E-state index in [1.807, 2.05) is 12.1 Å². The van der Waals surface area contributed by atoms with Crippen molar-refractivity contribution in [1.29, 1.82) is 0 Å². The van der Waals surface area contributed by atoms with Gasteiger partial charge in [0.25, 0.3) is 0 Å². The van der Waals surface area contributed by atoms with E-state index in [-0.39, 0.29) is 5.54 Å². The average molecular weight is 275 g/mol. The predicted octanol–water partition coefficient (Wildman–Crippen LogP) is 2.06. The Kier molecular flexibility index (Phi) is 3.61. The second kappa shape index (κ2) is 5.26. The lowest BCUT2D eigenvalue weighted by atomic mass is 9.82. The summed E-state index contributed by atoms with van der Waals surface area (Å²) in [6.45, 7) is 0.686. The van der Waals surface area contributed by atoms with Crippen molar-refractivity contribution < 1.29 is 4.74 Å². The Bertz CT molecular complexity index is 463. The molecule has 110 valence electrons. The molecule has 0 aromatic heterocycles. The maximum absolute atomic E-state index is 6.14. The SMILES string of the molecule is COc1cccc(NC2(CN)CC3CCC(C2)N3C)c1. The van der Waals surface area contributed by atoms with Gasteiger partial charge in [-0.3, -0.25) is 0 Å². The van der Waals surface area contributed by atoms with Gasteiger partial charge in [0.05, 0.1) is 12.6 Å². The first kappa shape index (κ1) is 13.7. The summed E-state index contributed by atoms with van der Waals surface area (Å²) >= 11 is 0. The Hall–Kier alpha value is -1.26. The summed E-state index contributed by atoms with van der Waals surface area (Å²) < 4.78 is 5.30. The van der Waals surface area contributed by atoms with Gasteiger partial charge in [-0.2, -0.15) is 0 Å². The fourth-order valence-corrected chi connectivity index (χ4v) is 3.89. The number of nitrogens with zero attached hydrogens (tertiary/aromatic N) is 1. The number of nitrogens with two attached hydrogens (primary N) is 1. The number of rotatable bonds is 4. The minimum absolute atomic E-state index is 0.0324. The molecule has 2 saturated heterocycles. The molecule has 0 radical (unpaired) electrons. The zero-order valence-corrected chi connectivity index (χ0v) is 12.4. The van der Waals surface area contributed by atoms with Crippen LogP contribution in [0.15, 0.2) is 24.3 Å². The molecule has 3 N–H and O–H groups in total. The third-order valence-electron chi connectivity index (χ3n) is 5.11. The smallest absolute Gasteiger partial charge is 0.120 e. The summed E-state index contributed by atoms with van der Waals surface area (Å²) in [5, 5.41) is 3.71. The Labute approximate surface area is 121 Å². The normalized spacial score (nSPS) is 33.1. The molecule has 0 spiro atoms. The lowest BCUT2D eigenvalue weighted by molar-refractivity contribution is 0.127. The van der Waals surface area contributed by atoms with Crippen molar-refractivity contribution in [3.8, 4) is 5.75 Å². The van der Waals surface area contributed by atoms with Crippen LogP contribution >= 0.6 is 0 Å². The number of anilines is 1. The van der Waals surface area contributed by atoms with Gasteiger partial charge >= 0.3 is 0 Å². The summed E-state index contributed by atoms with van der Waals surface area (Å²) in [5.74, 6) is 0.887. The van der Waals surface area contributed by atoms with Crippen LogP contribution in [0.1, 0.15) is 25.7 Å². The van der Waals surface area contributed by atoms with Crippen LogP contribution in [0.2, 0.25) is 0 Å². The number of piperidine rings is 1. The number of methoxy groups -OCH3 is 1. The van der Waals surface area contributed by atoms with Crippen molar-refractivity contribution in [2.24, 2.45) is 5.73 Å². The van der Waals surface area contributed by atoms with Crippen molar-refractivity contribution in [3.63, 3.8) is 0 Å². The highest BCUT2D eigenvalue weighted by Crippen LogP contribution is 2.41. The summed E-state index contributed by atoms with van der Waals surface area (Å²) in [7, 11) is 3.96.